The molecular formula is C26H29N3O4S2. The zero-order valence-corrected chi connectivity index (χ0v) is 21.7. The summed E-state index contributed by atoms with van der Waals surface area (Å²) in [6, 6.07) is 16.5. The fourth-order valence-electron chi connectivity index (χ4n) is 4.24. The van der Waals surface area contributed by atoms with E-state index in [9.17, 15) is 18.0 Å². The first-order valence-corrected chi connectivity index (χ1v) is 13.9. The summed E-state index contributed by atoms with van der Waals surface area (Å²) in [6.45, 7) is 4.10. The van der Waals surface area contributed by atoms with Crippen molar-refractivity contribution in [1.82, 2.24) is 9.13 Å². The van der Waals surface area contributed by atoms with E-state index in [0.717, 1.165) is 20.6 Å². The fraction of sp³-hybridized carbons (Fsp3) is 0.308. The van der Waals surface area contributed by atoms with Crippen molar-refractivity contribution in [3.63, 3.8) is 0 Å². The fourth-order valence-corrected chi connectivity index (χ4v) is 6.54. The molecule has 0 amide bonds. The quantitative estimate of drug-likeness (QED) is 0.482. The zero-order valence-electron chi connectivity index (χ0n) is 20.1. The van der Waals surface area contributed by atoms with Crippen LogP contribution < -0.4 is 15.6 Å². The minimum atomic E-state index is -4.07. The van der Waals surface area contributed by atoms with Crippen molar-refractivity contribution >= 4 is 27.5 Å². The van der Waals surface area contributed by atoms with Crippen molar-refractivity contribution in [1.29, 1.82) is 0 Å². The molecule has 0 saturated heterocycles. The summed E-state index contributed by atoms with van der Waals surface area (Å²) in [7, 11) is -2.67. The van der Waals surface area contributed by atoms with Crippen molar-refractivity contribution in [2.75, 3.05) is 10.8 Å². The number of thioether (sulfide) groups is 1. The standard InChI is InChI=1S/C26H29N3O4S2/c1-4-28-23-12-8-9-20(18-34-21-10-6-5-7-11-21)17-29(24(23)25(30)27(3)26(28)31)35(32,33)22-15-13-19(2)14-16-22/h5-7,10-11,13-16,18H,4,8-9,12,17H2,1-3H3/b20-18+. The van der Waals surface area contributed by atoms with Gasteiger partial charge in [-0.05, 0) is 68.4 Å². The number of aryl methyl sites for hydroxylation is 1. The van der Waals surface area contributed by atoms with Crippen LogP contribution in [0.1, 0.15) is 31.0 Å². The van der Waals surface area contributed by atoms with Gasteiger partial charge < -0.3 is 0 Å². The Kier molecular flexibility index (Phi) is 7.37. The van der Waals surface area contributed by atoms with Crippen LogP contribution in [0.25, 0.3) is 0 Å². The van der Waals surface area contributed by atoms with Gasteiger partial charge in [-0.3, -0.25) is 18.2 Å². The molecule has 0 atom stereocenters. The molecule has 2 heterocycles. The van der Waals surface area contributed by atoms with Gasteiger partial charge >= 0.3 is 5.69 Å². The van der Waals surface area contributed by atoms with Gasteiger partial charge in [0.15, 0.2) is 0 Å². The lowest BCUT2D eigenvalue weighted by Gasteiger charge is -2.30. The normalized spacial score (nSPS) is 15.5. The topological polar surface area (TPSA) is 81.4 Å². The highest BCUT2D eigenvalue weighted by Crippen LogP contribution is 2.31. The number of fused-ring (bicyclic) bond motifs is 1. The highest BCUT2D eigenvalue weighted by Gasteiger charge is 2.33. The molecule has 0 N–H and O–H groups in total. The lowest BCUT2D eigenvalue weighted by Crippen LogP contribution is -2.46. The monoisotopic (exact) mass is 511 g/mol. The molecule has 0 unspecified atom stereocenters. The van der Waals surface area contributed by atoms with Crippen molar-refractivity contribution in [2.24, 2.45) is 7.05 Å². The van der Waals surface area contributed by atoms with Gasteiger partial charge in [-0.25, -0.2) is 13.2 Å². The Hall–Kier alpha value is -3.04. The Labute approximate surface area is 209 Å². The molecule has 184 valence electrons. The lowest BCUT2D eigenvalue weighted by molar-refractivity contribution is 0.569. The van der Waals surface area contributed by atoms with Crippen molar-refractivity contribution in [3.05, 3.63) is 97.7 Å². The van der Waals surface area contributed by atoms with Gasteiger partial charge in [0, 0.05) is 18.5 Å². The highest BCUT2D eigenvalue weighted by molar-refractivity contribution is 8.02. The summed E-state index contributed by atoms with van der Waals surface area (Å²) >= 11 is 1.53. The largest absolute Gasteiger partial charge is 0.331 e. The van der Waals surface area contributed by atoms with E-state index >= 15 is 0 Å². The molecule has 0 bridgehead atoms. The van der Waals surface area contributed by atoms with Crippen LogP contribution in [-0.4, -0.2) is 24.1 Å². The van der Waals surface area contributed by atoms with E-state index in [0.29, 0.717) is 31.5 Å². The Balaban J connectivity index is 1.90. The Morgan fingerprint density at radius 2 is 1.69 bits per heavy atom. The Morgan fingerprint density at radius 1 is 1.00 bits per heavy atom. The number of hydrogen-bond acceptors (Lipinski definition) is 5. The second-order valence-electron chi connectivity index (χ2n) is 8.57. The lowest BCUT2D eigenvalue weighted by atomic mass is 10.0. The van der Waals surface area contributed by atoms with Gasteiger partial charge in [0.25, 0.3) is 15.6 Å². The third-order valence-corrected chi connectivity index (χ3v) is 8.92. The predicted octanol–water partition coefficient (Wildman–Crippen LogP) is 4.08. The number of hydrogen-bond donors (Lipinski definition) is 0. The van der Waals surface area contributed by atoms with Crippen LogP contribution in [0.2, 0.25) is 0 Å². The number of anilines is 1. The molecule has 1 aliphatic rings. The van der Waals surface area contributed by atoms with E-state index in [-0.39, 0.29) is 17.1 Å². The SMILES string of the molecule is CCn1c2c(c(=O)n(C)c1=O)N(S(=O)(=O)c1ccc(C)cc1)C/C(=C/Sc1ccccc1)CCC2. The maximum Gasteiger partial charge on any atom is 0.331 e. The van der Waals surface area contributed by atoms with Crippen LogP contribution in [0.15, 0.2) is 85.0 Å². The number of benzene rings is 2. The second kappa shape index (κ2) is 10.3. The maximum absolute atomic E-state index is 14.0. The molecule has 4 rings (SSSR count). The molecule has 0 aliphatic carbocycles. The van der Waals surface area contributed by atoms with Crippen LogP contribution in [-0.2, 0) is 30.0 Å². The third-order valence-electron chi connectivity index (χ3n) is 6.16. The summed E-state index contributed by atoms with van der Waals surface area (Å²) in [5.74, 6) is 0. The molecule has 0 spiro atoms. The van der Waals surface area contributed by atoms with Crippen LogP contribution in [0, 0.1) is 6.92 Å². The Bertz CT molecular complexity index is 1470. The van der Waals surface area contributed by atoms with Crippen LogP contribution in [0.5, 0.6) is 0 Å². The van der Waals surface area contributed by atoms with Crippen LogP contribution >= 0.6 is 11.8 Å². The maximum atomic E-state index is 14.0. The molecule has 35 heavy (non-hydrogen) atoms. The second-order valence-corrected chi connectivity index (χ2v) is 11.4. The Morgan fingerprint density at radius 3 is 2.34 bits per heavy atom. The molecule has 2 aromatic carbocycles. The molecular weight excluding hydrogens is 482 g/mol. The average molecular weight is 512 g/mol. The van der Waals surface area contributed by atoms with Crippen LogP contribution in [0.4, 0.5) is 5.69 Å². The van der Waals surface area contributed by atoms with Gasteiger partial charge in [-0.15, -0.1) is 0 Å². The molecule has 7 nitrogen and oxygen atoms in total. The number of aromatic nitrogens is 2. The van der Waals surface area contributed by atoms with Gasteiger partial charge in [-0.2, -0.15) is 0 Å². The minimum absolute atomic E-state index is 0.0419. The smallest absolute Gasteiger partial charge is 0.296 e. The van der Waals surface area contributed by atoms with Crippen LogP contribution in [0.3, 0.4) is 0 Å². The summed E-state index contributed by atoms with van der Waals surface area (Å²) < 4.78 is 31.6. The van der Waals surface area contributed by atoms with E-state index < -0.39 is 21.3 Å². The predicted molar refractivity (Wildman–Crippen MR) is 141 cm³/mol. The zero-order chi connectivity index (χ0) is 25.2. The number of nitrogens with zero attached hydrogens (tertiary/aromatic N) is 3. The first-order chi connectivity index (χ1) is 16.7. The van der Waals surface area contributed by atoms with Gasteiger partial charge in [-0.1, -0.05) is 47.7 Å². The van der Waals surface area contributed by atoms with Gasteiger partial charge in [0.1, 0.15) is 5.69 Å². The number of rotatable bonds is 5. The van der Waals surface area contributed by atoms with Crippen molar-refractivity contribution < 1.29 is 8.42 Å². The van der Waals surface area contributed by atoms with Gasteiger partial charge in [0.05, 0.1) is 17.1 Å². The van der Waals surface area contributed by atoms with Gasteiger partial charge in [0.2, 0.25) is 0 Å². The van der Waals surface area contributed by atoms with E-state index in [1.54, 1.807) is 24.3 Å². The molecule has 0 saturated carbocycles. The minimum Gasteiger partial charge on any atom is -0.296 e. The van der Waals surface area contributed by atoms with Crippen molar-refractivity contribution in [2.45, 2.75) is 49.4 Å². The average Bonchev–Trinajstić information content (AvgIpc) is 2.84. The van der Waals surface area contributed by atoms with E-state index in [4.69, 9.17) is 0 Å². The molecule has 1 aliphatic heterocycles. The third kappa shape index (κ3) is 5.01. The number of sulfonamides is 1. The van der Waals surface area contributed by atoms with Crippen molar-refractivity contribution in [3.8, 4) is 0 Å². The summed E-state index contributed by atoms with van der Waals surface area (Å²) in [5, 5.41) is 1.98. The highest BCUT2D eigenvalue weighted by atomic mass is 32.2. The first kappa shape index (κ1) is 25.1. The van der Waals surface area contributed by atoms with E-state index in [2.05, 4.69) is 0 Å². The molecule has 0 fully saturated rings. The first-order valence-electron chi connectivity index (χ1n) is 11.6. The molecule has 0 radical (unpaired) electrons. The molecule has 3 aromatic rings. The summed E-state index contributed by atoms with van der Waals surface area (Å²) in [6.07, 6.45) is 1.80. The molecule has 1 aromatic heterocycles. The summed E-state index contributed by atoms with van der Waals surface area (Å²) in [4.78, 5) is 27.4. The molecule has 9 heteroatoms. The van der Waals surface area contributed by atoms with E-state index in [1.165, 1.54) is 27.7 Å². The summed E-state index contributed by atoms with van der Waals surface area (Å²) in [5.41, 5.74) is 1.36. The van der Waals surface area contributed by atoms with E-state index in [1.807, 2.05) is 49.6 Å².